The third-order valence-corrected chi connectivity index (χ3v) is 3.16. The first kappa shape index (κ1) is 8.86. The lowest BCUT2D eigenvalue weighted by Crippen LogP contribution is -2.54. The fraction of sp³-hybridized carbons (Fsp3) is 1.00. The number of hydrogen-bond donors (Lipinski definition) is 1. The van der Waals surface area contributed by atoms with E-state index in [0.717, 1.165) is 26.2 Å². The first-order chi connectivity index (χ1) is 5.70. The van der Waals surface area contributed by atoms with E-state index >= 15 is 0 Å². The van der Waals surface area contributed by atoms with Gasteiger partial charge in [0, 0.05) is 31.6 Å². The van der Waals surface area contributed by atoms with Crippen LogP contribution in [0.4, 0.5) is 4.39 Å². The van der Waals surface area contributed by atoms with Gasteiger partial charge < -0.3 is 5.32 Å². The summed E-state index contributed by atoms with van der Waals surface area (Å²) >= 11 is 0. The summed E-state index contributed by atoms with van der Waals surface area (Å²) in [4.78, 5) is 2.23. The Kier molecular flexibility index (Phi) is 2.37. The molecule has 1 spiro atoms. The molecule has 2 saturated heterocycles. The second-order valence-electron chi connectivity index (χ2n) is 4.10. The normalized spacial score (nSPS) is 30.5. The SMILES string of the molecule is FC(P)CN1CCC2(CNC2)C1. The van der Waals surface area contributed by atoms with Gasteiger partial charge in [0.05, 0.1) is 0 Å². The summed E-state index contributed by atoms with van der Waals surface area (Å²) in [5.41, 5.74) is 0.513. The van der Waals surface area contributed by atoms with E-state index in [-0.39, 0.29) is 0 Å². The summed E-state index contributed by atoms with van der Waals surface area (Å²) in [6, 6.07) is 0. The second-order valence-corrected chi connectivity index (χ2v) is 4.83. The van der Waals surface area contributed by atoms with Gasteiger partial charge in [0.2, 0.25) is 0 Å². The zero-order valence-corrected chi connectivity index (χ0v) is 8.38. The van der Waals surface area contributed by atoms with Crippen LogP contribution in [0, 0.1) is 5.41 Å². The predicted molar refractivity (Wildman–Crippen MR) is 51.0 cm³/mol. The number of likely N-dealkylation sites (tertiary alicyclic amines) is 1. The Labute approximate surface area is 75.1 Å². The quantitative estimate of drug-likeness (QED) is 0.636. The number of alkyl halides is 1. The minimum absolute atomic E-state index is 0.513. The molecule has 0 aromatic carbocycles. The molecule has 0 aromatic heterocycles. The number of hydrogen-bond acceptors (Lipinski definition) is 2. The molecule has 2 rings (SSSR count). The molecule has 1 N–H and O–H groups in total. The third kappa shape index (κ3) is 1.63. The van der Waals surface area contributed by atoms with Crippen LogP contribution >= 0.6 is 9.24 Å². The van der Waals surface area contributed by atoms with Gasteiger partial charge >= 0.3 is 0 Å². The van der Waals surface area contributed by atoms with Gasteiger partial charge in [-0.05, 0) is 13.0 Å². The van der Waals surface area contributed by atoms with Crippen LogP contribution in [0.15, 0.2) is 0 Å². The van der Waals surface area contributed by atoms with Crippen molar-refractivity contribution in [2.24, 2.45) is 5.41 Å². The zero-order valence-electron chi connectivity index (χ0n) is 7.22. The van der Waals surface area contributed by atoms with Crippen LogP contribution in [0.1, 0.15) is 6.42 Å². The first-order valence-electron chi connectivity index (χ1n) is 4.53. The van der Waals surface area contributed by atoms with Crippen LogP contribution in [0.3, 0.4) is 0 Å². The minimum atomic E-state index is -0.756. The maximum absolute atomic E-state index is 12.6. The van der Waals surface area contributed by atoms with Gasteiger partial charge in [-0.2, -0.15) is 0 Å². The molecule has 0 aliphatic carbocycles. The molecule has 2 aliphatic rings. The Morgan fingerprint density at radius 2 is 2.33 bits per heavy atom. The van der Waals surface area contributed by atoms with E-state index in [0.29, 0.717) is 12.0 Å². The Morgan fingerprint density at radius 1 is 1.58 bits per heavy atom. The van der Waals surface area contributed by atoms with Gasteiger partial charge in [-0.3, -0.25) is 4.90 Å². The van der Waals surface area contributed by atoms with Crippen molar-refractivity contribution in [3.8, 4) is 0 Å². The van der Waals surface area contributed by atoms with E-state index in [1.807, 2.05) is 0 Å². The van der Waals surface area contributed by atoms with Crippen molar-refractivity contribution in [1.82, 2.24) is 10.2 Å². The third-order valence-electron chi connectivity index (χ3n) is 2.95. The lowest BCUT2D eigenvalue weighted by molar-refractivity contribution is 0.163. The highest BCUT2D eigenvalue weighted by atomic mass is 31.0. The lowest BCUT2D eigenvalue weighted by Gasteiger charge is -2.39. The molecular weight excluding hydrogens is 174 g/mol. The molecule has 2 fully saturated rings. The molecule has 2 unspecified atom stereocenters. The molecule has 0 radical (unpaired) electrons. The van der Waals surface area contributed by atoms with Gasteiger partial charge in [-0.25, -0.2) is 4.39 Å². The molecule has 4 heteroatoms. The van der Waals surface area contributed by atoms with Gasteiger partial charge in [-0.15, -0.1) is 0 Å². The molecule has 2 atom stereocenters. The van der Waals surface area contributed by atoms with Crippen molar-refractivity contribution in [3.63, 3.8) is 0 Å². The summed E-state index contributed by atoms with van der Waals surface area (Å²) in [6.07, 6.45) is 1.25. The van der Waals surface area contributed by atoms with E-state index < -0.39 is 5.91 Å². The van der Waals surface area contributed by atoms with Crippen molar-refractivity contribution >= 4 is 9.24 Å². The second kappa shape index (κ2) is 3.21. The van der Waals surface area contributed by atoms with E-state index in [9.17, 15) is 4.39 Å². The van der Waals surface area contributed by atoms with Crippen LogP contribution < -0.4 is 5.32 Å². The van der Waals surface area contributed by atoms with E-state index in [4.69, 9.17) is 0 Å². The van der Waals surface area contributed by atoms with Crippen molar-refractivity contribution in [2.75, 3.05) is 32.7 Å². The maximum Gasteiger partial charge on any atom is 0.126 e. The molecular formula is C8H16FN2P. The minimum Gasteiger partial charge on any atom is -0.315 e. The number of nitrogens with one attached hydrogen (secondary N) is 1. The largest absolute Gasteiger partial charge is 0.315 e. The van der Waals surface area contributed by atoms with E-state index in [1.165, 1.54) is 6.42 Å². The molecule has 2 nitrogen and oxygen atoms in total. The van der Waals surface area contributed by atoms with Gasteiger partial charge in [0.1, 0.15) is 5.91 Å². The Morgan fingerprint density at radius 3 is 2.75 bits per heavy atom. The molecule has 0 bridgehead atoms. The molecule has 0 amide bonds. The van der Waals surface area contributed by atoms with Crippen molar-refractivity contribution < 1.29 is 4.39 Å². The van der Waals surface area contributed by atoms with Crippen molar-refractivity contribution in [3.05, 3.63) is 0 Å². The average molecular weight is 190 g/mol. The van der Waals surface area contributed by atoms with Gasteiger partial charge in [0.15, 0.2) is 0 Å². The van der Waals surface area contributed by atoms with Crippen LogP contribution in [0.2, 0.25) is 0 Å². The maximum atomic E-state index is 12.6. The zero-order chi connectivity index (χ0) is 8.60. The highest BCUT2D eigenvalue weighted by Crippen LogP contribution is 2.34. The summed E-state index contributed by atoms with van der Waals surface area (Å²) in [6.45, 7) is 5.03. The lowest BCUT2D eigenvalue weighted by atomic mass is 9.81. The fourth-order valence-electron chi connectivity index (χ4n) is 2.20. The Balaban J connectivity index is 1.81. The summed E-state index contributed by atoms with van der Waals surface area (Å²) in [5, 5.41) is 3.29. The van der Waals surface area contributed by atoms with Crippen LogP contribution in [0.25, 0.3) is 0 Å². The van der Waals surface area contributed by atoms with Crippen LogP contribution in [0.5, 0.6) is 0 Å². The molecule has 70 valence electrons. The molecule has 0 aromatic rings. The smallest absolute Gasteiger partial charge is 0.126 e. The number of nitrogens with zero attached hydrogens (tertiary/aromatic N) is 1. The average Bonchev–Trinajstić information content (AvgIpc) is 2.29. The Hall–Kier alpha value is 0.280. The topological polar surface area (TPSA) is 15.3 Å². The molecule has 2 aliphatic heterocycles. The molecule has 12 heavy (non-hydrogen) atoms. The fourth-order valence-corrected chi connectivity index (χ4v) is 2.50. The summed E-state index contributed by atoms with van der Waals surface area (Å²) in [5.74, 6) is -0.756. The molecule has 2 heterocycles. The summed E-state index contributed by atoms with van der Waals surface area (Å²) < 4.78 is 12.6. The van der Waals surface area contributed by atoms with Crippen LogP contribution in [-0.4, -0.2) is 43.5 Å². The highest BCUT2D eigenvalue weighted by Gasteiger charge is 2.42. The highest BCUT2D eigenvalue weighted by molar-refractivity contribution is 7.17. The van der Waals surface area contributed by atoms with Gasteiger partial charge in [0.25, 0.3) is 0 Å². The Bertz CT molecular complexity index is 170. The number of halogens is 1. The van der Waals surface area contributed by atoms with Gasteiger partial charge in [-0.1, -0.05) is 9.24 Å². The van der Waals surface area contributed by atoms with Crippen molar-refractivity contribution in [1.29, 1.82) is 0 Å². The number of rotatable bonds is 2. The van der Waals surface area contributed by atoms with Crippen molar-refractivity contribution in [2.45, 2.75) is 12.3 Å². The molecule has 0 saturated carbocycles. The van der Waals surface area contributed by atoms with Crippen LogP contribution in [-0.2, 0) is 0 Å². The standard InChI is InChI=1S/C8H16FN2P/c9-7(12)3-11-2-1-8(6-11)4-10-5-8/h7,10H,1-6,12H2. The summed E-state index contributed by atoms with van der Waals surface area (Å²) in [7, 11) is 2.22. The van der Waals surface area contributed by atoms with E-state index in [2.05, 4.69) is 19.5 Å². The predicted octanol–water partition coefficient (Wildman–Crippen LogP) is 0.452. The first-order valence-corrected chi connectivity index (χ1v) is 5.20. The monoisotopic (exact) mass is 190 g/mol. The van der Waals surface area contributed by atoms with E-state index in [1.54, 1.807) is 0 Å².